The van der Waals surface area contributed by atoms with E-state index in [9.17, 15) is 4.79 Å². The number of ketones is 1. The number of hydrogen-bond donors (Lipinski definition) is 1. The lowest BCUT2D eigenvalue weighted by Crippen LogP contribution is -2.25. The maximum atomic E-state index is 12.8. The van der Waals surface area contributed by atoms with Crippen molar-refractivity contribution in [1.29, 1.82) is 0 Å². The molecule has 0 fully saturated rings. The van der Waals surface area contributed by atoms with E-state index in [-0.39, 0.29) is 11.8 Å². The molecule has 1 atom stereocenters. The standard InChI is InChI=1S/C25H28N2O/c1-3-23(26)22-15-8-9-16-24(22)27(4-2)18-19-11-10-14-21(17-19)25(28)20-12-6-5-7-13-20/h5-17,23H,3-4,18,26H2,1-2H3. The molecule has 0 saturated carbocycles. The maximum Gasteiger partial charge on any atom is 0.193 e. The molecule has 0 aliphatic rings. The van der Waals surface area contributed by atoms with Crippen LogP contribution in [0.2, 0.25) is 0 Å². The average molecular weight is 373 g/mol. The van der Waals surface area contributed by atoms with Gasteiger partial charge in [0, 0.05) is 35.9 Å². The smallest absolute Gasteiger partial charge is 0.193 e. The quantitative estimate of drug-likeness (QED) is 0.542. The van der Waals surface area contributed by atoms with Crippen LogP contribution in [0.4, 0.5) is 5.69 Å². The fourth-order valence-electron chi connectivity index (χ4n) is 3.46. The lowest BCUT2D eigenvalue weighted by Gasteiger charge is -2.28. The molecule has 3 rings (SSSR count). The summed E-state index contributed by atoms with van der Waals surface area (Å²) in [5, 5.41) is 0. The highest BCUT2D eigenvalue weighted by Gasteiger charge is 2.15. The van der Waals surface area contributed by atoms with Crippen LogP contribution in [0.5, 0.6) is 0 Å². The van der Waals surface area contributed by atoms with Gasteiger partial charge in [-0.3, -0.25) is 4.79 Å². The third-order valence-electron chi connectivity index (χ3n) is 5.10. The fourth-order valence-corrected chi connectivity index (χ4v) is 3.46. The largest absolute Gasteiger partial charge is 0.367 e. The van der Waals surface area contributed by atoms with Gasteiger partial charge in [0.1, 0.15) is 0 Å². The lowest BCUT2D eigenvalue weighted by atomic mass is 10.00. The molecule has 0 heterocycles. The van der Waals surface area contributed by atoms with E-state index in [1.807, 2.05) is 54.6 Å². The zero-order chi connectivity index (χ0) is 19.9. The molecule has 28 heavy (non-hydrogen) atoms. The number of rotatable bonds is 8. The van der Waals surface area contributed by atoms with Gasteiger partial charge in [0.05, 0.1) is 0 Å². The molecule has 3 aromatic rings. The molecule has 0 aromatic heterocycles. The Labute approximate surface area is 167 Å². The van der Waals surface area contributed by atoms with E-state index >= 15 is 0 Å². The van der Waals surface area contributed by atoms with Gasteiger partial charge in [-0.1, -0.05) is 73.7 Å². The Balaban J connectivity index is 1.86. The van der Waals surface area contributed by atoms with Crippen molar-refractivity contribution >= 4 is 11.5 Å². The minimum Gasteiger partial charge on any atom is -0.367 e. The van der Waals surface area contributed by atoms with E-state index in [2.05, 4.69) is 43.0 Å². The highest BCUT2D eigenvalue weighted by molar-refractivity contribution is 6.09. The number of hydrogen-bond acceptors (Lipinski definition) is 3. The summed E-state index contributed by atoms with van der Waals surface area (Å²) in [6.07, 6.45) is 0.898. The highest BCUT2D eigenvalue weighted by atomic mass is 16.1. The van der Waals surface area contributed by atoms with Gasteiger partial charge in [0.2, 0.25) is 0 Å². The zero-order valence-corrected chi connectivity index (χ0v) is 16.6. The Kier molecular flexibility index (Phi) is 6.62. The van der Waals surface area contributed by atoms with Crippen LogP contribution in [0.1, 0.15) is 53.4 Å². The van der Waals surface area contributed by atoms with Crippen LogP contribution in [0.15, 0.2) is 78.9 Å². The van der Waals surface area contributed by atoms with Gasteiger partial charge in [0.25, 0.3) is 0 Å². The third kappa shape index (κ3) is 4.49. The van der Waals surface area contributed by atoms with Crippen LogP contribution in [0.3, 0.4) is 0 Å². The van der Waals surface area contributed by atoms with Crippen molar-refractivity contribution in [2.75, 3.05) is 11.4 Å². The summed E-state index contributed by atoms with van der Waals surface area (Å²) in [6, 6.07) is 25.7. The van der Waals surface area contributed by atoms with E-state index in [4.69, 9.17) is 5.73 Å². The molecule has 0 spiro atoms. The lowest BCUT2D eigenvalue weighted by molar-refractivity contribution is 0.103. The van der Waals surface area contributed by atoms with Crippen molar-refractivity contribution < 1.29 is 4.79 Å². The summed E-state index contributed by atoms with van der Waals surface area (Å²) < 4.78 is 0. The summed E-state index contributed by atoms with van der Waals surface area (Å²) in [6.45, 7) is 5.85. The van der Waals surface area contributed by atoms with Crippen molar-refractivity contribution in [3.05, 3.63) is 101 Å². The number of benzene rings is 3. The predicted octanol–water partition coefficient (Wildman–Crippen LogP) is 5.35. The summed E-state index contributed by atoms with van der Waals surface area (Å²) in [4.78, 5) is 15.1. The number of carbonyl (C=O) groups excluding carboxylic acids is 1. The van der Waals surface area contributed by atoms with Crippen molar-refractivity contribution in [2.45, 2.75) is 32.9 Å². The molecule has 0 radical (unpaired) electrons. The third-order valence-corrected chi connectivity index (χ3v) is 5.10. The number of para-hydroxylation sites is 1. The molecular weight excluding hydrogens is 344 g/mol. The Morgan fingerprint density at radius 1 is 0.893 bits per heavy atom. The predicted molar refractivity (Wildman–Crippen MR) is 117 cm³/mol. The molecule has 0 aliphatic heterocycles. The van der Waals surface area contributed by atoms with Crippen LogP contribution < -0.4 is 10.6 Å². The van der Waals surface area contributed by atoms with Gasteiger partial charge in [0.15, 0.2) is 5.78 Å². The van der Waals surface area contributed by atoms with Gasteiger partial charge < -0.3 is 10.6 Å². The summed E-state index contributed by atoms with van der Waals surface area (Å²) in [5.41, 5.74) is 11.2. The molecule has 0 bridgehead atoms. The van der Waals surface area contributed by atoms with E-state index < -0.39 is 0 Å². The van der Waals surface area contributed by atoms with E-state index in [0.29, 0.717) is 5.56 Å². The minimum absolute atomic E-state index is 0.0243. The molecule has 2 N–H and O–H groups in total. The molecule has 3 aromatic carbocycles. The summed E-state index contributed by atoms with van der Waals surface area (Å²) in [7, 11) is 0. The van der Waals surface area contributed by atoms with E-state index in [1.54, 1.807) is 0 Å². The number of carbonyl (C=O) groups is 1. The molecule has 3 nitrogen and oxygen atoms in total. The number of nitrogens with zero attached hydrogens (tertiary/aromatic N) is 1. The second-order valence-electron chi connectivity index (χ2n) is 6.98. The van der Waals surface area contributed by atoms with Crippen molar-refractivity contribution in [2.24, 2.45) is 5.73 Å². The van der Waals surface area contributed by atoms with Crippen molar-refractivity contribution in [1.82, 2.24) is 0 Å². The maximum absolute atomic E-state index is 12.8. The van der Waals surface area contributed by atoms with Crippen LogP contribution in [-0.2, 0) is 6.54 Å². The topological polar surface area (TPSA) is 46.3 Å². The van der Waals surface area contributed by atoms with Crippen molar-refractivity contribution in [3.63, 3.8) is 0 Å². The Morgan fingerprint density at radius 3 is 2.29 bits per heavy atom. The molecule has 0 aliphatic carbocycles. The first-order valence-corrected chi connectivity index (χ1v) is 9.92. The Bertz CT molecular complexity index is 921. The van der Waals surface area contributed by atoms with Crippen LogP contribution in [0, 0.1) is 0 Å². The van der Waals surface area contributed by atoms with Crippen molar-refractivity contribution in [3.8, 4) is 0 Å². The monoisotopic (exact) mass is 372 g/mol. The molecule has 0 saturated heterocycles. The van der Waals surface area contributed by atoms with Crippen LogP contribution in [0.25, 0.3) is 0 Å². The average Bonchev–Trinajstić information content (AvgIpc) is 2.77. The van der Waals surface area contributed by atoms with E-state index in [0.717, 1.165) is 30.6 Å². The van der Waals surface area contributed by atoms with Crippen LogP contribution in [-0.4, -0.2) is 12.3 Å². The Hall–Kier alpha value is -2.91. The summed E-state index contributed by atoms with van der Waals surface area (Å²) >= 11 is 0. The first-order chi connectivity index (χ1) is 13.6. The van der Waals surface area contributed by atoms with Gasteiger partial charge in [-0.25, -0.2) is 0 Å². The normalized spacial score (nSPS) is 11.8. The minimum atomic E-state index is 0.0243. The Morgan fingerprint density at radius 2 is 1.57 bits per heavy atom. The van der Waals surface area contributed by atoms with Gasteiger partial charge in [-0.15, -0.1) is 0 Å². The number of nitrogens with two attached hydrogens (primary N) is 1. The van der Waals surface area contributed by atoms with Gasteiger partial charge in [-0.2, -0.15) is 0 Å². The molecule has 1 unspecified atom stereocenters. The second-order valence-corrected chi connectivity index (χ2v) is 6.98. The SMILES string of the molecule is CCC(N)c1ccccc1N(CC)Cc1cccc(C(=O)c2ccccc2)c1. The highest BCUT2D eigenvalue weighted by Crippen LogP contribution is 2.28. The first kappa shape index (κ1) is 19.8. The summed E-state index contributed by atoms with van der Waals surface area (Å²) in [5.74, 6) is 0.0545. The first-order valence-electron chi connectivity index (χ1n) is 9.92. The van der Waals surface area contributed by atoms with E-state index in [1.165, 1.54) is 11.3 Å². The van der Waals surface area contributed by atoms with Crippen LogP contribution >= 0.6 is 0 Å². The molecule has 3 heteroatoms. The molecule has 144 valence electrons. The zero-order valence-electron chi connectivity index (χ0n) is 16.6. The second kappa shape index (κ2) is 9.34. The molecule has 0 amide bonds. The molecular formula is C25H28N2O. The number of anilines is 1. The van der Waals surface area contributed by atoms with Gasteiger partial charge >= 0.3 is 0 Å². The fraction of sp³-hybridized carbons (Fsp3) is 0.240. The van der Waals surface area contributed by atoms with Gasteiger partial charge in [-0.05, 0) is 36.6 Å².